The van der Waals surface area contributed by atoms with Crippen LogP contribution >= 0.6 is 0 Å². The fourth-order valence-electron chi connectivity index (χ4n) is 5.55. The van der Waals surface area contributed by atoms with Gasteiger partial charge < -0.3 is 19.5 Å². The molecular weight excluding hydrogens is 577 g/mol. The Balaban J connectivity index is 1.68. The molecule has 0 saturated heterocycles. The molecule has 1 aromatic heterocycles. The molecule has 9 nitrogen and oxygen atoms in total. The van der Waals surface area contributed by atoms with E-state index < -0.39 is 29.5 Å². The summed E-state index contributed by atoms with van der Waals surface area (Å²) in [6.45, 7) is 8.45. The van der Waals surface area contributed by atoms with Crippen LogP contribution in [-0.2, 0) is 20.4 Å². The van der Waals surface area contributed by atoms with Gasteiger partial charge in [0.15, 0.2) is 0 Å². The van der Waals surface area contributed by atoms with Crippen LogP contribution in [0, 0.1) is 12.8 Å². The van der Waals surface area contributed by atoms with Gasteiger partial charge in [-0.15, -0.1) is 0 Å². The first kappa shape index (κ1) is 32.8. The number of amides is 1. The van der Waals surface area contributed by atoms with Crippen LogP contribution in [0.2, 0.25) is 0 Å². The van der Waals surface area contributed by atoms with Crippen LogP contribution < -0.4 is 15.4 Å². The van der Waals surface area contributed by atoms with Crippen molar-refractivity contribution in [2.75, 3.05) is 24.9 Å². The fourth-order valence-corrected chi connectivity index (χ4v) is 5.55. The third-order valence-electron chi connectivity index (χ3n) is 7.64. The first-order valence-corrected chi connectivity index (χ1v) is 14.5. The number of nitrogens with zero attached hydrogens (tertiary/aromatic N) is 2. The van der Waals surface area contributed by atoms with Crippen LogP contribution in [0.4, 0.5) is 29.5 Å². The van der Waals surface area contributed by atoms with Gasteiger partial charge >= 0.3 is 18.2 Å². The monoisotopic (exact) mass is 616 g/mol. The highest BCUT2D eigenvalue weighted by atomic mass is 19.4. The van der Waals surface area contributed by atoms with E-state index in [1.54, 1.807) is 41.7 Å². The first-order valence-electron chi connectivity index (χ1n) is 14.5. The molecule has 1 atom stereocenters. The number of anilines is 2. The van der Waals surface area contributed by atoms with Gasteiger partial charge in [0, 0.05) is 17.1 Å². The molecule has 0 radical (unpaired) electrons. The SMILES string of the molecule is COc1cc2nc(C)nc(N[C@H](C)c3cc(NC(=O)OC(C)(C)C)cc(C(F)(F)F)c3)c2cc1[C@H]1CC[C@H](C(=O)OC)CC1. The minimum Gasteiger partial charge on any atom is -0.496 e. The molecule has 1 saturated carbocycles. The minimum absolute atomic E-state index is 0.0453. The summed E-state index contributed by atoms with van der Waals surface area (Å²) in [5.41, 5.74) is 0.0772. The van der Waals surface area contributed by atoms with Crippen molar-refractivity contribution < 1.29 is 37.0 Å². The van der Waals surface area contributed by atoms with E-state index in [1.807, 2.05) is 12.1 Å². The summed E-state index contributed by atoms with van der Waals surface area (Å²) in [7, 11) is 2.99. The van der Waals surface area contributed by atoms with Gasteiger partial charge in [-0.2, -0.15) is 13.2 Å². The molecule has 1 fully saturated rings. The summed E-state index contributed by atoms with van der Waals surface area (Å²) in [6, 6.07) is 6.55. The highest BCUT2D eigenvalue weighted by molar-refractivity contribution is 5.91. The molecule has 4 rings (SSSR count). The number of halogens is 3. The number of hydrogen-bond acceptors (Lipinski definition) is 8. The van der Waals surface area contributed by atoms with Crippen molar-refractivity contribution in [2.45, 2.75) is 84.0 Å². The van der Waals surface area contributed by atoms with E-state index >= 15 is 0 Å². The van der Waals surface area contributed by atoms with Gasteiger partial charge in [-0.05, 0) is 102 Å². The van der Waals surface area contributed by atoms with E-state index in [2.05, 4.69) is 20.6 Å². The Morgan fingerprint density at radius 1 is 0.977 bits per heavy atom. The van der Waals surface area contributed by atoms with Crippen molar-refractivity contribution in [3.63, 3.8) is 0 Å². The number of carbonyl (C=O) groups is 2. The van der Waals surface area contributed by atoms with Gasteiger partial charge in [0.2, 0.25) is 0 Å². The molecule has 0 spiro atoms. The summed E-state index contributed by atoms with van der Waals surface area (Å²) in [4.78, 5) is 33.6. The van der Waals surface area contributed by atoms with Gasteiger partial charge in [-0.25, -0.2) is 14.8 Å². The summed E-state index contributed by atoms with van der Waals surface area (Å²) in [5.74, 6) is 1.40. The average molecular weight is 617 g/mol. The number of benzene rings is 2. The lowest BCUT2D eigenvalue weighted by Gasteiger charge is -2.28. The van der Waals surface area contributed by atoms with E-state index in [0.29, 0.717) is 41.1 Å². The Labute approximate surface area is 254 Å². The van der Waals surface area contributed by atoms with Gasteiger partial charge in [0.25, 0.3) is 0 Å². The lowest BCUT2D eigenvalue weighted by atomic mass is 9.78. The second-order valence-electron chi connectivity index (χ2n) is 12.1. The summed E-state index contributed by atoms with van der Waals surface area (Å²) in [6.07, 6.45) is -2.57. The predicted octanol–water partition coefficient (Wildman–Crippen LogP) is 7.93. The zero-order valence-electron chi connectivity index (χ0n) is 26.0. The van der Waals surface area contributed by atoms with Gasteiger partial charge in [0.1, 0.15) is 23.0 Å². The van der Waals surface area contributed by atoms with E-state index in [-0.39, 0.29) is 29.1 Å². The largest absolute Gasteiger partial charge is 0.496 e. The number of aromatic nitrogens is 2. The van der Waals surface area contributed by atoms with E-state index in [4.69, 9.17) is 14.2 Å². The van der Waals surface area contributed by atoms with Crippen LogP contribution in [0.15, 0.2) is 30.3 Å². The molecule has 1 aliphatic carbocycles. The Morgan fingerprint density at radius 2 is 1.66 bits per heavy atom. The smallest absolute Gasteiger partial charge is 0.416 e. The zero-order chi connectivity index (χ0) is 32.4. The average Bonchev–Trinajstić information content (AvgIpc) is 2.94. The number of esters is 1. The summed E-state index contributed by atoms with van der Waals surface area (Å²) >= 11 is 0. The second kappa shape index (κ2) is 12.9. The molecule has 2 N–H and O–H groups in total. The van der Waals surface area contributed by atoms with Crippen LogP contribution in [0.5, 0.6) is 5.75 Å². The third kappa shape index (κ3) is 7.89. The maximum atomic E-state index is 13.9. The fraction of sp³-hybridized carbons (Fsp3) is 0.500. The topological polar surface area (TPSA) is 112 Å². The zero-order valence-corrected chi connectivity index (χ0v) is 26.0. The molecule has 2 aromatic carbocycles. The maximum absolute atomic E-state index is 13.9. The van der Waals surface area contributed by atoms with Crippen molar-refractivity contribution in [1.29, 1.82) is 0 Å². The molecule has 0 unspecified atom stereocenters. The third-order valence-corrected chi connectivity index (χ3v) is 7.64. The maximum Gasteiger partial charge on any atom is 0.416 e. The molecule has 0 bridgehead atoms. The number of carbonyl (C=O) groups excluding carboxylic acids is 2. The number of methoxy groups -OCH3 is 2. The van der Waals surface area contributed by atoms with Crippen LogP contribution in [0.3, 0.4) is 0 Å². The highest BCUT2D eigenvalue weighted by Crippen LogP contribution is 2.42. The minimum atomic E-state index is -4.64. The number of nitrogens with one attached hydrogen (secondary N) is 2. The quantitative estimate of drug-likeness (QED) is 0.258. The molecule has 1 amide bonds. The number of fused-ring (bicyclic) bond motifs is 1. The summed E-state index contributed by atoms with van der Waals surface area (Å²) in [5, 5.41) is 6.38. The van der Waals surface area contributed by atoms with Crippen molar-refractivity contribution in [3.8, 4) is 5.75 Å². The normalized spacial score (nSPS) is 18.0. The lowest BCUT2D eigenvalue weighted by molar-refractivity contribution is -0.146. The molecule has 238 valence electrons. The molecule has 12 heteroatoms. The Bertz CT molecular complexity index is 1530. The number of hydrogen-bond donors (Lipinski definition) is 2. The lowest BCUT2D eigenvalue weighted by Crippen LogP contribution is -2.27. The van der Waals surface area contributed by atoms with Crippen LogP contribution in [0.1, 0.15) is 87.9 Å². The number of ether oxygens (including phenoxy) is 3. The molecule has 3 aromatic rings. The molecule has 0 aliphatic heterocycles. The molecular formula is C32H39F3N4O5. The summed E-state index contributed by atoms with van der Waals surface area (Å²) < 4.78 is 57.5. The second-order valence-corrected chi connectivity index (χ2v) is 12.1. The Kier molecular flexibility index (Phi) is 9.60. The predicted molar refractivity (Wildman–Crippen MR) is 161 cm³/mol. The van der Waals surface area contributed by atoms with Crippen molar-refractivity contribution >= 4 is 34.5 Å². The number of alkyl halides is 3. The Morgan fingerprint density at radius 3 is 2.25 bits per heavy atom. The van der Waals surface area contributed by atoms with E-state index in [0.717, 1.165) is 30.5 Å². The molecule has 1 aliphatic rings. The van der Waals surface area contributed by atoms with Gasteiger partial charge in [0.05, 0.1) is 37.3 Å². The van der Waals surface area contributed by atoms with Crippen molar-refractivity contribution in [1.82, 2.24) is 9.97 Å². The van der Waals surface area contributed by atoms with Gasteiger partial charge in [-0.3, -0.25) is 10.1 Å². The van der Waals surface area contributed by atoms with Crippen LogP contribution in [-0.4, -0.2) is 41.9 Å². The van der Waals surface area contributed by atoms with Crippen molar-refractivity contribution in [2.24, 2.45) is 5.92 Å². The Hall–Kier alpha value is -4.09. The number of rotatable bonds is 7. The van der Waals surface area contributed by atoms with Crippen LogP contribution in [0.25, 0.3) is 10.9 Å². The molecule has 44 heavy (non-hydrogen) atoms. The highest BCUT2D eigenvalue weighted by Gasteiger charge is 2.33. The van der Waals surface area contributed by atoms with E-state index in [1.165, 1.54) is 13.2 Å². The first-order chi connectivity index (χ1) is 20.6. The van der Waals surface area contributed by atoms with Gasteiger partial charge in [-0.1, -0.05) is 0 Å². The standard InChI is InChI=1S/C32H39F3N4O5/c1-17(21-12-22(32(33,34)35)14-23(13-21)39-30(41)44-31(3,4)5)36-28-25-15-24(19-8-10-20(11-9-19)29(40)43-7)27(42-6)16-26(25)37-18(2)38-28/h12-17,19-20H,8-11H2,1-7H3,(H,39,41)(H,36,37,38)/t17-,19-,20-/m1/s1. The van der Waals surface area contributed by atoms with E-state index in [9.17, 15) is 22.8 Å². The number of aryl methyl sites for hydroxylation is 1. The van der Waals surface area contributed by atoms with Crippen molar-refractivity contribution in [3.05, 3.63) is 52.8 Å². The molecule has 1 heterocycles.